The second-order valence-electron chi connectivity index (χ2n) is 15.9. The Morgan fingerprint density at radius 1 is 0.472 bits per heavy atom. The Morgan fingerprint density at radius 3 is 1.77 bits per heavy atom. The fraction of sp³-hybridized carbons (Fsp3) is 0.154. The lowest BCUT2D eigenvalue weighted by Crippen LogP contribution is -2.19. The van der Waals surface area contributed by atoms with Crippen LogP contribution in [0.5, 0.6) is 0 Å². The van der Waals surface area contributed by atoms with Gasteiger partial charge in [-0.3, -0.25) is 0 Å². The molecule has 0 amide bonds. The molecule has 1 nitrogen and oxygen atoms in total. The van der Waals surface area contributed by atoms with Crippen molar-refractivity contribution in [3.05, 3.63) is 197 Å². The Bertz CT molecular complexity index is 2600. The van der Waals surface area contributed by atoms with E-state index in [1.54, 1.807) is 0 Å². The highest BCUT2D eigenvalue weighted by Gasteiger charge is 2.42. The first-order valence-corrected chi connectivity index (χ1v) is 18.9. The maximum Gasteiger partial charge on any atom is 0.0540 e. The van der Waals surface area contributed by atoms with E-state index in [0.29, 0.717) is 0 Å². The van der Waals surface area contributed by atoms with Crippen LogP contribution in [0.3, 0.4) is 0 Å². The van der Waals surface area contributed by atoms with E-state index in [4.69, 9.17) is 0 Å². The summed E-state index contributed by atoms with van der Waals surface area (Å²) in [5.41, 5.74) is 19.3. The van der Waals surface area contributed by atoms with Crippen molar-refractivity contribution < 1.29 is 0 Å². The zero-order chi connectivity index (χ0) is 36.5. The monoisotopic (exact) mass is 683 g/mol. The van der Waals surface area contributed by atoms with Crippen molar-refractivity contribution in [2.75, 3.05) is 4.90 Å². The van der Waals surface area contributed by atoms with Crippen LogP contribution in [0.2, 0.25) is 0 Å². The summed E-state index contributed by atoms with van der Waals surface area (Å²) >= 11 is 0. The van der Waals surface area contributed by atoms with Crippen LogP contribution in [0.1, 0.15) is 69.4 Å². The molecule has 0 N–H and O–H groups in total. The molecule has 0 heterocycles. The summed E-state index contributed by atoms with van der Waals surface area (Å²) in [5, 5.41) is 2.55. The first-order chi connectivity index (χ1) is 25.6. The van der Waals surface area contributed by atoms with Crippen LogP contribution in [0, 0.1) is 0 Å². The summed E-state index contributed by atoms with van der Waals surface area (Å²) in [7, 11) is 0. The minimum absolute atomic E-state index is 0.0559. The minimum Gasteiger partial charge on any atom is -0.314 e. The van der Waals surface area contributed by atoms with Gasteiger partial charge in [0.2, 0.25) is 0 Å². The Kier molecular flexibility index (Phi) is 7.68. The van der Waals surface area contributed by atoms with Crippen molar-refractivity contribution in [3.63, 3.8) is 0 Å². The highest BCUT2D eigenvalue weighted by Crippen LogP contribution is 2.58. The SMILES string of the molecule is C/C(=C\C=C(/C)N(c1ccc(-c2ccccc2)cc1)c1cc2c(c3ccccc13)-c1cc3c(cc1C2(C)C)-c1ccccc1C3(C)C)c1ccccc1. The Morgan fingerprint density at radius 2 is 1.04 bits per heavy atom. The van der Waals surface area contributed by atoms with Gasteiger partial charge in [-0.1, -0.05) is 155 Å². The molecule has 0 bridgehead atoms. The number of hydrogen-bond donors (Lipinski definition) is 0. The molecule has 0 atom stereocenters. The normalized spacial score (nSPS) is 15.1. The van der Waals surface area contributed by atoms with E-state index in [1.165, 1.54) is 83.2 Å². The Hall–Kier alpha value is -5.92. The third-order valence-electron chi connectivity index (χ3n) is 12.0. The number of nitrogens with zero attached hydrogens (tertiary/aromatic N) is 1. The highest BCUT2D eigenvalue weighted by molar-refractivity contribution is 6.10. The van der Waals surface area contributed by atoms with Gasteiger partial charge < -0.3 is 4.90 Å². The van der Waals surface area contributed by atoms with Gasteiger partial charge >= 0.3 is 0 Å². The van der Waals surface area contributed by atoms with Crippen molar-refractivity contribution in [1.82, 2.24) is 0 Å². The summed E-state index contributed by atoms with van der Waals surface area (Å²) in [6, 6.07) is 56.0. The van der Waals surface area contributed by atoms with Gasteiger partial charge in [0.05, 0.1) is 5.69 Å². The molecule has 258 valence electrons. The highest BCUT2D eigenvalue weighted by atomic mass is 15.1. The molecule has 0 saturated heterocycles. The molecule has 0 aliphatic heterocycles. The topological polar surface area (TPSA) is 3.24 Å². The second-order valence-corrected chi connectivity index (χ2v) is 15.9. The van der Waals surface area contributed by atoms with Gasteiger partial charge in [-0.2, -0.15) is 0 Å². The molecule has 0 radical (unpaired) electrons. The van der Waals surface area contributed by atoms with Gasteiger partial charge in [-0.15, -0.1) is 0 Å². The molecule has 9 rings (SSSR count). The van der Waals surface area contributed by atoms with Crippen molar-refractivity contribution in [2.24, 2.45) is 0 Å². The van der Waals surface area contributed by atoms with Crippen LogP contribution in [0.4, 0.5) is 11.4 Å². The van der Waals surface area contributed by atoms with Crippen LogP contribution in [0.25, 0.3) is 49.7 Å². The Balaban J connectivity index is 1.25. The van der Waals surface area contributed by atoms with Gasteiger partial charge in [0.1, 0.15) is 0 Å². The molecule has 0 aromatic heterocycles. The van der Waals surface area contributed by atoms with Gasteiger partial charge in [-0.05, 0) is 122 Å². The molecule has 0 fully saturated rings. The molecular weight excluding hydrogens is 639 g/mol. The summed E-state index contributed by atoms with van der Waals surface area (Å²) in [6.07, 6.45) is 4.53. The first-order valence-electron chi connectivity index (χ1n) is 18.9. The number of anilines is 2. The van der Waals surface area contributed by atoms with E-state index in [0.717, 1.165) is 11.4 Å². The van der Waals surface area contributed by atoms with Crippen molar-refractivity contribution in [2.45, 2.75) is 52.4 Å². The average Bonchev–Trinajstić information content (AvgIpc) is 3.56. The summed E-state index contributed by atoms with van der Waals surface area (Å²) < 4.78 is 0. The zero-order valence-electron chi connectivity index (χ0n) is 31.5. The fourth-order valence-corrected chi connectivity index (χ4v) is 9.02. The van der Waals surface area contributed by atoms with E-state index in [2.05, 4.69) is 210 Å². The summed E-state index contributed by atoms with van der Waals surface area (Å²) in [4.78, 5) is 2.46. The molecule has 2 aliphatic rings. The molecule has 0 spiro atoms. The average molecular weight is 684 g/mol. The number of allylic oxidation sites excluding steroid dienone is 4. The largest absolute Gasteiger partial charge is 0.314 e. The van der Waals surface area contributed by atoms with Crippen LogP contribution < -0.4 is 4.90 Å². The van der Waals surface area contributed by atoms with Gasteiger partial charge in [0, 0.05) is 27.6 Å². The van der Waals surface area contributed by atoms with Gasteiger partial charge in [0.25, 0.3) is 0 Å². The van der Waals surface area contributed by atoms with Crippen molar-refractivity contribution in [3.8, 4) is 33.4 Å². The fourth-order valence-electron chi connectivity index (χ4n) is 9.02. The van der Waals surface area contributed by atoms with Crippen LogP contribution in [-0.4, -0.2) is 0 Å². The van der Waals surface area contributed by atoms with E-state index >= 15 is 0 Å². The predicted octanol–water partition coefficient (Wildman–Crippen LogP) is 14.3. The summed E-state index contributed by atoms with van der Waals surface area (Å²) in [6.45, 7) is 14.0. The van der Waals surface area contributed by atoms with Crippen LogP contribution in [-0.2, 0) is 10.8 Å². The number of fused-ring (bicyclic) bond motifs is 8. The molecule has 53 heavy (non-hydrogen) atoms. The van der Waals surface area contributed by atoms with Gasteiger partial charge in [-0.25, -0.2) is 0 Å². The molecule has 7 aromatic carbocycles. The van der Waals surface area contributed by atoms with Crippen LogP contribution >= 0.6 is 0 Å². The number of hydrogen-bond acceptors (Lipinski definition) is 1. The maximum absolute atomic E-state index is 2.53. The van der Waals surface area contributed by atoms with E-state index in [1.807, 2.05) is 0 Å². The lowest BCUT2D eigenvalue weighted by atomic mass is 9.79. The Labute approximate surface area is 314 Å². The van der Waals surface area contributed by atoms with Crippen LogP contribution in [0.15, 0.2) is 170 Å². The standard InChI is InChI=1S/C52H45N/c1-34(36-17-9-7-10-18-36)25-26-35(2)53(39-29-27-38(28-30-39)37-19-11-8-12-20-37)49-33-48-50(42-23-14-13-22-41(42)49)44-32-46-43(31-47(44)52(48,5)6)40-21-15-16-24-45(40)51(46,3)4/h7-33H,1-6H3/b34-25+,35-26+. The van der Waals surface area contributed by atoms with Gasteiger partial charge in [0.15, 0.2) is 0 Å². The quantitative estimate of drug-likeness (QED) is 0.158. The van der Waals surface area contributed by atoms with E-state index in [-0.39, 0.29) is 10.8 Å². The predicted molar refractivity (Wildman–Crippen MR) is 227 cm³/mol. The second kappa shape index (κ2) is 12.3. The molecule has 7 aromatic rings. The minimum atomic E-state index is -0.190. The lowest BCUT2D eigenvalue weighted by molar-refractivity contribution is 0.652. The smallest absolute Gasteiger partial charge is 0.0540 e. The molecule has 0 saturated carbocycles. The molecular formula is C52H45N. The molecule has 1 heteroatoms. The first kappa shape index (κ1) is 33.0. The van der Waals surface area contributed by atoms with E-state index in [9.17, 15) is 0 Å². The third kappa shape index (κ3) is 5.21. The zero-order valence-corrected chi connectivity index (χ0v) is 31.5. The van der Waals surface area contributed by atoms with E-state index < -0.39 is 0 Å². The van der Waals surface area contributed by atoms with Crippen molar-refractivity contribution >= 4 is 27.7 Å². The molecule has 0 unspecified atom stereocenters. The number of benzene rings is 7. The number of rotatable bonds is 6. The molecule has 2 aliphatic carbocycles. The third-order valence-corrected chi connectivity index (χ3v) is 12.0. The van der Waals surface area contributed by atoms with Crippen molar-refractivity contribution in [1.29, 1.82) is 0 Å². The maximum atomic E-state index is 2.53. The summed E-state index contributed by atoms with van der Waals surface area (Å²) in [5.74, 6) is 0. The lowest BCUT2D eigenvalue weighted by Gasteiger charge is -2.30.